The minimum absolute atomic E-state index is 0.0476. The normalized spacial score (nSPS) is 15.8. The van der Waals surface area contributed by atoms with Gasteiger partial charge < -0.3 is 10.1 Å². The molecule has 1 unspecified atom stereocenters. The highest BCUT2D eigenvalue weighted by Crippen LogP contribution is 2.43. The van der Waals surface area contributed by atoms with Crippen LogP contribution < -0.4 is 5.32 Å². The summed E-state index contributed by atoms with van der Waals surface area (Å²) in [6.45, 7) is 11.5. The van der Waals surface area contributed by atoms with Gasteiger partial charge in [-0.1, -0.05) is 25.6 Å². The zero-order valence-corrected chi connectivity index (χ0v) is 21.3. The topological polar surface area (TPSA) is 41.6 Å². The third-order valence-corrected chi connectivity index (χ3v) is 6.44. The van der Waals surface area contributed by atoms with Crippen molar-refractivity contribution in [1.82, 2.24) is 10.2 Å². The van der Waals surface area contributed by atoms with E-state index in [9.17, 15) is 18.0 Å². The molecule has 1 amide bonds. The predicted molar refractivity (Wildman–Crippen MR) is 122 cm³/mol. The lowest BCUT2D eigenvalue weighted by atomic mass is 10.1. The van der Waals surface area contributed by atoms with Crippen molar-refractivity contribution < 1.29 is 27.1 Å². The first-order valence-corrected chi connectivity index (χ1v) is 15.0. The fraction of sp³-hybridized carbons (Fsp3) is 0.682. The number of carbonyl (C=O) groups excluding carboxylic acids is 1. The molecule has 1 aliphatic rings. The summed E-state index contributed by atoms with van der Waals surface area (Å²) in [6, 6.07) is -1.23. The highest BCUT2D eigenvalue weighted by molar-refractivity contribution is 7.10. The first-order valence-electron chi connectivity index (χ1n) is 10.6. The molecule has 32 heavy (non-hydrogen) atoms. The van der Waals surface area contributed by atoms with Crippen LogP contribution in [0.1, 0.15) is 56.5 Å². The highest BCUT2D eigenvalue weighted by atomic mass is 32.1. The van der Waals surface area contributed by atoms with Gasteiger partial charge in [0.15, 0.2) is 5.82 Å². The molecular formula is C22H32F4N2O2SSi. The minimum Gasteiger partial charge on any atom is -0.444 e. The van der Waals surface area contributed by atoms with Crippen LogP contribution in [0.2, 0.25) is 19.6 Å². The van der Waals surface area contributed by atoms with Crippen molar-refractivity contribution in [1.29, 1.82) is 0 Å². The van der Waals surface area contributed by atoms with Crippen molar-refractivity contribution in [2.75, 3.05) is 13.1 Å². The lowest BCUT2D eigenvalue weighted by Gasteiger charge is -2.32. The van der Waals surface area contributed by atoms with Gasteiger partial charge in [0, 0.05) is 24.5 Å². The zero-order chi connectivity index (χ0) is 24.3. The van der Waals surface area contributed by atoms with Gasteiger partial charge in [0.2, 0.25) is 0 Å². The molecule has 0 aromatic carbocycles. The molecular weight excluding hydrogens is 460 g/mol. The van der Waals surface area contributed by atoms with E-state index in [1.54, 1.807) is 25.7 Å². The smallest absolute Gasteiger partial charge is 0.407 e. The second kappa shape index (κ2) is 10.1. The predicted octanol–water partition coefficient (Wildman–Crippen LogP) is 6.10. The fourth-order valence-corrected chi connectivity index (χ4v) is 4.61. The molecule has 0 radical (unpaired) electrons. The van der Waals surface area contributed by atoms with Crippen LogP contribution in [0.5, 0.6) is 0 Å². The second-order valence-electron chi connectivity index (χ2n) is 10.1. The number of ether oxygens (including phenoxy) is 1. The molecule has 1 N–H and O–H groups in total. The van der Waals surface area contributed by atoms with Crippen LogP contribution in [0.3, 0.4) is 0 Å². The zero-order valence-electron chi connectivity index (χ0n) is 19.5. The molecule has 0 spiro atoms. The first-order chi connectivity index (χ1) is 14.6. The average molecular weight is 493 g/mol. The van der Waals surface area contributed by atoms with Gasteiger partial charge in [-0.3, -0.25) is 4.90 Å². The first kappa shape index (κ1) is 26.7. The number of carbonyl (C=O) groups is 1. The summed E-state index contributed by atoms with van der Waals surface area (Å²) in [4.78, 5) is 13.6. The number of rotatable bonds is 7. The maximum atomic E-state index is 15.2. The molecule has 1 aliphatic carbocycles. The van der Waals surface area contributed by atoms with Crippen LogP contribution in [-0.2, 0) is 4.74 Å². The monoisotopic (exact) mass is 492 g/mol. The van der Waals surface area contributed by atoms with Crippen LogP contribution in [0.15, 0.2) is 5.38 Å². The third-order valence-electron chi connectivity index (χ3n) is 4.51. The van der Waals surface area contributed by atoms with Gasteiger partial charge in [-0.25, -0.2) is 9.18 Å². The number of nitrogens with one attached hydrogen (secondary N) is 1. The highest BCUT2D eigenvalue weighted by Gasteiger charge is 2.42. The van der Waals surface area contributed by atoms with Crippen molar-refractivity contribution in [3.05, 3.63) is 21.6 Å². The van der Waals surface area contributed by atoms with Crippen molar-refractivity contribution in [3.8, 4) is 11.5 Å². The second-order valence-corrected chi connectivity index (χ2v) is 15.7. The molecule has 2 rings (SSSR count). The Labute approximate surface area is 192 Å². The summed E-state index contributed by atoms with van der Waals surface area (Å²) in [5.74, 6) is 2.16. The van der Waals surface area contributed by atoms with Crippen LogP contribution in [0.25, 0.3) is 0 Å². The quantitative estimate of drug-likeness (QED) is 0.284. The molecule has 1 atom stereocenters. The lowest BCUT2D eigenvalue weighted by molar-refractivity contribution is -0.148. The summed E-state index contributed by atoms with van der Waals surface area (Å²) in [5, 5.41) is 4.09. The summed E-state index contributed by atoms with van der Waals surface area (Å²) in [7, 11) is -1.76. The fourth-order valence-electron chi connectivity index (χ4n) is 3.10. The lowest BCUT2D eigenvalue weighted by Crippen LogP contribution is -2.41. The number of amides is 1. The molecule has 4 nitrogen and oxygen atoms in total. The standard InChI is InChI=1S/C22H32F4N2O2SSi/c1-21(2,3)30-20(29)27-10-11-28(16-7-8-16)17(13-22(24,25)26)19-18(23)15(14-31-19)9-12-32(4,5)6/h14,16-17H,7-8,10-11,13H2,1-6H3,(H,27,29). The van der Waals surface area contributed by atoms with E-state index in [1.807, 2.05) is 19.6 Å². The Balaban J connectivity index is 2.23. The van der Waals surface area contributed by atoms with Gasteiger partial charge >= 0.3 is 12.3 Å². The minimum atomic E-state index is -4.46. The van der Waals surface area contributed by atoms with E-state index >= 15 is 4.39 Å². The van der Waals surface area contributed by atoms with E-state index in [4.69, 9.17) is 4.74 Å². The van der Waals surface area contributed by atoms with Crippen molar-refractivity contribution in [3.63, 3.8) is 0 Å². The van der Waals surface area contributed by atoms with E-state index in [0.29, 0.717) is 0 Å². The van der Waals surface area contributed by atoms with Crippen LogP contribution in [-0.4, -0.2) is 50.0 Å². The number of nitrogens with zero attached hydrogens (tertiary/aromatic N) is 1. The largest absolute Gasteiger partial charge is 0.444 e. The van der Waals surface area contributed by atoms with Crippen molar-refractivity contribution in [2.45, 2.75) is 83.5 Å². The Morgan fingerprint density at radius 3 is 2.44 bits per heavy atom. The van der Waals surface area contributed by atoms with Gasteiger partial charge in [-0.15, -0.1) is 16.9 Å². The molecule has 1 fully saturated rings. The van der Waals surface area contributed by atoms with E-state index in [1.165, 1.54) is 5.38 Å². The summed E-state index contributed by atoms with van der Waals surface area (Å²) >= 11 is 0.981. The van der Waals surface area contributed by atoms with Gasteiger partial charge in [0.25, 0.3) is 0 Å². The maximum absolute atomic E-state index is 15.2. The number of hydrogen-bond acceptors (Lipinski definition) is 4. The third kappa shape index (κ3) is 9.12. The molecule has 1 heterocycles. The van der Waals surface area contributed by atoms with E-state index in [-0.39, 0.29) is 29.6 Å². The number of alkyl carbamates (subject to hydrolysis) is 1. The van der Waals surface area contributed by atoms with Crippen LogP contribution in [0, 0.1) is 17.3 Å². The number of alkyl halides is 3. The Kier molecular flexibility index (Phi) is 8.45. The number of hydrogen-bond donors (Lipinski definition) is 1. The maximum Gasteiger partial charge on any atom is 0.407 e. The molecule has 180 valence electrons. The van der Waals surface area contributed by atoms with Crippen molar-refractivity contribution in [2.24, 2.45) is 0 Å². The summed E-state index contributed by atoms with van der Waals surface area (Å²) < 4.78 is 60.7. The Bertz CT molecular complexity index is 858. The molecule has 0 aliphatic heterocycles. The van der Waals surface area contributed by atoms with Crippen molar-refractivity contribution >= 4 is 25.5 Å². The van der Waals surface area contributed by atoms with Crippen LogP contribution >= 0.6 is 11.3 Å². The van der Waals surface area contributed by atoms with Gasteiger partial charge in [-0.05, 0) is 33.6 Å². The number of halogens is 4. The molecule has 1 aromatic heterocycles. The molecule has 1 aromatic rings. The number of thiophene rings is 1. The molecule has 0 saturated heterocycles. The van der Waals surface area contributed by atoms with Crippen LogP contribution in [0.4, 0.5) is 22.4 Å². The van der Waals surface area contributed by atoms with Gasteiger partial charge in [0.05, 0.1) is 22.9 Å². The molecule has 1 saturated carbocycles. The van der Waals surface area contributed by atoms with E-state index < -0.39 is 44.2 Å². The summed E-state index contributed by atoms with van der Waals surface area (Å²) in [5.41, 5.74) is 2.55. The Hall–Kier alpha value is -1.57. The van der Waals surface area contributed by atoms with E-state index in [0.717, 1.165) is 24.2 Å². The van der Waals surface area contributed by atoms with Gasteiger partial charge in [0.1, 0.15) is 13.7 Å². The molecule has 10 heteroatoms. The Morgan fingerprint density at radius 2 is 1.94 bits per heavy atom. The van der Waals surface area contributed by atoms with E-state index in [2.05, 4.69) is 16.8 Å². The average Bonchev–Trinajstić information content (AvgIpc) is 3.35. The summed E-state index contributed by atoms with van der Waals surface area (Å²) in [6.07, 6.45) is -4.76. The SMILES string of the molecule is CC(C)(C)OC(=O)NCCN(C1CC1)C(CC(F)(F)F)c1scc(C#C[Si](C)(C)C)c1F. The Morgan fingerprint density at radius 1 is 1.31 bits per heavy atom. The van der Waals surface area contributed by atoms with Gasteiger partial charge in [-0.2, -0.15) is 13.2 Å². The molecule has 0 bridgehead atoms.